The second kappa shape index (κ2) is 8.01. The molecule has 2 heterocycles. The molecule has 1 saturated heterocycles. The molecule has 144 valence electrons. The average Bonchev–Trinajstić information content (AvgIpc) is 2.99. The monoisotopic (exact) mass is 448 g/mol. The number of nitrogens with zero attached hydrogens (tertiary/aromatic N) is 2. The lowest BCUT2D eigenvalue weighted by atomic mass is 9.95. The Balaban J connectivity index is 1.87. The number of hydrogen-bond donors (Lipinski definition) is 1. The van der Waals surface area contributed by atoms with Gasteiger partial charge in [-0.05, 0) is 29.3 Å². The number of halogens is 1. The highest BCUT2D eigenvalue weighted by atomic mass is 79.9. The molecule has 1 aromatic heterocycles. The first-order chi connectivity index (χ1) is 14.1. The summed E-state index contributed by atoms with van der Waals surface area (Å²) in [6.45, 7) is 0.209. The summed E-state index contributed by atoms with van der Waals surface area (Å²) in [5, 5.41) is 10.9. The largest absolute Gasteiger partial charge is 0.507 e. The van der Waals surface area contributed by atoms with Crippen LogP contribution in [0, 0.1) is 0 Å². The van der Waals surface area contributed by atoms with Gasteiger partial charge >= 0.3 is 0 Å². The van der Waals surface area contributed by atoms with Gasteiger partial charge in [0.1, 0.15) is 5.76 Å². The summed E-state index contributed by atoms with van der Waals surface area (Å²) in [6.07, 6.45) is 3.31. The Morgan fingerprint density at radius 1 is 1.03 bits per heavy atom. The summed E-state index contributed by atoms with van der Waals surface area (Å²) in [7, 11) is 0. The third-order valence-electron chi connectivity index (χ3n) is 4.83. The number of rotatable bonds is 4. The lowest BCUT2D eigenvalue weighted by Crippen LogP contribution is -2.29. The molecule has 3 aromatic rings. The van der Waals surface area contributed by atoms with E-state index in [2.05, 4.69) is 20.9 Å². The van der Waals surface area contributed by atoms with Gasteiger partial charge < -0.3 is 10.0 Å². The first-order valence-electron chi connectivity index (χ1n) is 9.04. The number of ketones is 1. The van der Waals surface area contributed by atoms with Gasteiger partial charge in [-0.1, -0.05) is 64.5 Å². The number of aliphatic hydroxyl groups excluding tert-OH is 1. The fraction of sp³-hybridized carbons (Fsp3) is 0.0870. The second-order valence-electron chi connectivity index (χ2n) is 6.71. The van der Waals surface area contributed by atoms with Crippen LogP contribution >= 0.6 is 15.9 Å². The zero-order valence-corrected chi connectivity index (χ0v) is 16.9. The van der Waals surface area contributed by atoms with Crippen LogP contribution in [0.4, 0.5) is 0 Å². The lowest BCUT2D eigenvalue weighted by Gasteiger charge is -2.25. The van der Waals surface area contributed by atoms with E-state index in [1.54, 1.807) is 42.7 Å². The van der Waals surface area contributed by atoms with E-state index in [4.69, 9.17) is 0 Å². The molecule has 1 aliphatic heterocycles. The van der Waals surface area contributed by atoms with E-state index < -0.39 is 17.7 Å². The Labute approximate surface area is 176 Å². The molecule has 0 saturated carbocycles. The molecule has 0 bridgehead atoms. The molecular formula is C23H17BrN2O3. The van der Waals surface area contributed by atoms with E-state index in [1.807, 2.05) is 36.4 Å². The third-order valence-corrected chi connectivity index (χ3v) is 5.32. The van der Waals surface area contributed by atoms with Gasteiger partial charge in [0.15, 0.2) is 0 Å². The Bertz CT molecular complexity index is 1100. The molecule has 1 fully saturated rings. The quantitative estimate of drug-likeness (QED) is 0.363. The van der Waals surface area contributed by atoms with Crippen molar-refractivity contribution in [2.45, 2.75) is 12.6 Å². The van der Waals surface area contributed by atoms with Crippen LogP contribution in [0.25, 0.3) is 5.76 Å². The molecule has 0 radical (unpaired) electrons. The third kappa shape index (κ3) is 3.71. The number of aromatic nitrogens is 1. The number of carbonyl (C=O) groups is 2. The van der Waals surface area contributed by atoms with Gasteiger partial charge in [-0.15, -0.1) is 0 Å². The summed E-state index contributed by atoms with van der Waals surface area (Å²) in [5.41, 5.74) is 2.11. The first kappa shape index (κ1) is 19.1. The molecule has 6 heteroatoms. The van der Waals surface area contributed by atoms with Crippen LogP contribution in [-0.2, 0) is 16.1 Å². The van der Waals surface area contributed by atoms with Gasteiger partial charge in [-0.2, -0.15) is 0 Å². The molecule has 0 unspecified atom stereocenters. The van der Waals surface area contributed by atoms with Gasteiger partial charge in [0.25, 0.3) is 11.7 Å². The molecule has 0 aliphatic carbocycles. The van der Waals surface area contributed by atoms with E-state index in [0.717, 1.165) is 15.6 Å². The summed E-state index contributed by atoms with van der Waals surface area (Å²) in [4.78, 5) is 31.5. The lowest BCUT2D eigenvalue weighted by molar-refractivity contribution is -0.140. The Kier molecular flexibility index (Phi) is 5.27. The zero-order valence-electron chi connectivity index (χ0n) is 15.3. The van der Waals surface area contributed by atoms with Crippen LogP contribution in [0.3, 0.4) is 0 Å². The topological polar surface area (TPSA) is 70.5 Å². The van der Waals surface area contributed by atoms with E-state index in [0.29, 0.717) is 5.56 Å². The maximum absolute atomic E-state index is 13.0. The zero-order chi connectivity index (χ0) is 20.4. The van der Waals surface area contributed by atoms with Crippen molar-refractivity contribution in [2.75, 3.05) is 0 Å². The fourth-order valence-corrected chi connectivity index (χ4v) is 3.92. The van der Waals surface area contributed by atoms with Crippen LogP contribution in [0.1, 0.15) is 22.7 Å². The van der Waals surface area contributed by atoms with Crippen LogP contribution in [0.2, 0.25) is 0 Å². The Morgan fingerprint density at radius 3 is 2.52 bits per heavy atom. The number of benzene rings is 2. The molecule has 1 amide bonds. The molecule has 1 N–H and O–H groups in total. The number of likely N-dealkylation sites (tertiary alicyclic amines) is 1. The van der Waals surface area contributed by atoms with Crippen LogP contribution in [0.15, 0.2) is 89.2 Å². The van der Waals surface area contributed by atoms with Crippen LogP contribution < -0.4 is 0 Å². The highest BCUT2D eigenvalue weighted by Crippen LogP contribution is 2.40. The van der Waals surface area contributed by atoms with Crippen molar-refractivity contribution < 1.29 is 14.7 Å². The summed E-state index contributed by atoms with van der Waals surface area (Å²) < 4.78 is 0.821. The van der Waals surface area contributed by atoms with Crippen molar-refractivity contribution in [1.82, 2.24) is 9.88 Å². The SMILES string of the molecule is O=C1C(=O)N(Cc2cccnc2)[C@@H](c2cccc(Br)c2)C1=C(O)c1ccccc1. The van der Waals surface area contributed by atoms with Crippen molar-refractivity contribution in [3.63, 3.8) is 0 Å². The van der Waals surface area contributed by atoms with Gasteiger partial charge in [-0.3, -0.25) is 14.6 Å². The smallest absolute Gasteiger partial charge is 0.295 e. The molecule has 1 aliphatic rings. The number of amides is 1. The van der Waals surface area contributed by atoms with E-state index in [-0.39, 0.29) is 17.9 Å². The molecular weight excluding hydrogens is 432 g/mol. The van der Waals surface area contributed by atoms with E-state index in [1.165, 1.54) is 4.90 Å². The van der Waals surface area contributed by atoms with Gasteiger partial charge in [-0.25, -0.2) is 0 Å². The second-order valence-corrected chi connectivity index (χ2v) is 7.62. The predicted octanol–water partition coefficient (Wildman–Crippen LogP) is 4.47. The average molecular weight is 449 g/mol. The van der Waals surface area contributed by atoms with E-state index >= 15 is 0 Å². The normalized spacial score (nSPS) is 18.2. The number of hydrogen-bond acceptors (Lipinski definition) is 4. The highest BCUT2D eigenvalue weighted by Gasteiger charge is 2.46. The molecule has 1 atom stereocenters. The maximum atomic E-state index is 13.0. The first-order valence-corrected chi connectivity index (χ1v) is 9.84. The summed E-state index contributed by atoms with van der Waals surface area (Å²) >= 11 is 3.45. The summed E-state index contributed by atoms with van der Waals surface area (Å²) in [5.74, 6) is -1.51. The maximum Gasteiger partial charge on any atom is 0.295 e. The minimum Gasteiger partial charge on any atom is -0.507 e. The highest BCUT2D eigenvalue weighted by molar-refractivity contribution is 9.10. The molecule has 0 spiro atoms. The van der Waals surface area contributed by atoms with Gasteiger partial charge in [0, 0.05) is 29.0 Å². The molecule has 4 rings (SSSR count). The summed E-state index contributed by atoms with van der Waals surface area (Å²) in [6, 6.07) is 19.1. The van der Waals surface area contributed by atoms with Crippen molar-refractivity contribution in [3.8, 4) is 0 Å². The minimum atomic E-state index is -0.701. The standard InChI is InChI=1S/C23H17BrN2O3/c24-18-10-4-9-17(12-18)20-19(21(27)16-7-2-1-3-8-16)22(28)23(29)26(20)14-15-6-5-11-25-13-15/h1-13,20,27H,14H2/t20-/m0/s1. The fourth-order valence-electron chi connectivity index (χ4n) is 3.51. The molecule has 29 heavy (non-hydrogen) atoms. The van der Waals surface area contributed by atoms with Crippen LogP contribution in [0.5, 0.6) is 0 Å². The number of aliphatic hydroxyl groups is 1. The van der Waals surface area contributed by atoms with Crippen molar-refractivity contribution >= 4 is 33.4 Å². The van der Waals surface area contributed by atoms with Crippen molar-refractivity contribution in [3.05, 3.63) is 106 Å². The van der Waals surface area contributed by atoms with E-state index in [9.17, 15) is 14.7 Å². The number of pyridine rings is 1. The Hall–Kier alpha value is -3.25. The molecule has 2 aromatic carbocycles. The minimum absolute atomic E-state index is 0.0863. The Morgan fingerprint density at radius 2 is 1.83 bits per heavy atom. The predicted molar refractivity (Wildman–Crippen MR) is 113 cm³/mol. The van der Waals surface area contributed by atoms with Gasteiger partial charge in [0.2, 0.25) is 0 Å². The number of Topliss-reactive ketones (excluding diaryl/α,β-unsaturated/α-hetero) is 1. The number of carbonyl (C=O) groups excluding carboxylic acids is 2. The van der Waals surface area contributed by atoms with Crippen molar-refractivity contribution in [1.29, 1.82) is 0 Å². The van der Waals surface area contributed by atoms with Crippen LogP contribution in [-0.4, -0.2) is 26.7 Å². The van der Waals surface area contributed by atoms with Gasteiger partial charge in [0.05, 0.1) is 11.6 Å². The van der Waals surface area contributed by atoms with Crippen molar-refractivity contribution in [2.24, 2.45) is 0 Å². The molecule has 5 nitrogen and oxygen atoms in total.